The molecule has 0 aliphatic rings. The van der Waals surface area contributed by atoms with Crippen molar-refractivity contribution in [3.8, 4) is 11.8 Å². The van der Waals surface area contributed by atoms with E-state index in [1.165, 1.54) is 0 Å². The van der Waals surface area contributed by atoms with Crippen LogP contribution < -0.4 is 0 Å². The van der Waals surface area contributed by atoms with Gasteiger partial charge in [0.1, 0.15) is 6.10 Å². The number of allylic oxidation sites excluding steroid dienone is 1. The van der Waals surface area contributed by atoms with E-state index in [0.29, 0.717) is 0 Å². The quantitative estimate of drug-likeness (QED) is 0.552. The van der Waals surface area contributed by atoms with E-state index in [1.807, 2.05) is 36.4 Å². The van der Waals surface area contributed by atoms with Crippen molar-refractivity contribution in [2.45, 2.75) is 8.25 Å². The average molecular weight is 409 g/mol. The summed E-state index contributed by atoms with van der Waals surface area (Å²) in [4.78, 5) is 0. The van der Waals surface area contributed by atoms with Crippen LogP contribution in [-0.4, -0.2) is 13.4 Å². The maximum atomic E-state index is 9.53. The molecule has 4 heteroatoms. The van der Waals surface area contributed by atoms with E-state index >= 15 is 0 Å². The van der Waals surface area contributed by atoms with Gasteiger partial charge >= 0.3 is 0 Å². The lowest BCUT2D eigenvalue weighted by atomic mass is 10.2. The van der Waals surface area contributed by atoms with Crippen LogP contribution in [0, 0.1) is 11.8 Å². The van der Waals surface area contributed by atoms with E-state index < -0.39 is 8.25 Å². The fourth-order valence-electron chi connectivity index (χ4n) is 0.911. The Hall–Kier alpha value is -0.0800. The van der Waals surface area contributed by atoms with Gasteiger partial charge in [-0.3, -0.25) is 0 Å². The first kappa shape index (κ1) is 14.0. The Morgan fingerprint density at radius 1 is 1.19 bits per heavy atom. The van der Waals surface area contributed by atoms with Gasteiger partial charge in [0.05, 0.1) is 0 Å². The molecule has 16 heavy (non-hydrogen) atoms. The summed E-state index contributed by atoms with van der Waals surface area (Å²) < 4.78 is -0.749. The molecule has 0 saturated heterocycles. The molecule has 0 aliphatic carbocycles. The van der Waals surface area contributed by atoms with Crippen LogP contribution in [0.25, 0.3) is 6.08 Å². The molecule has 0 bridgehead atoms. The van der Waals surface area contributed by atoms with Crippen LogP contribution in [0.3, 0.4) is 0 Å². The molecular formula is C12H9Br3O. The Morgan fingerprint density at radius 3 is 2.38 bits per heavy atom. The van der Waals surface area contributed by atoms with E-state index in [1.54, 1.807) is 6.08 Å². The minimum Gasteiger partial charge on any atom is -0.377 e. The number of rotatable bonds is 1. The lowest BCUT2D eigenvalue weighted by molar-refractivity contribution is 0.248. The molecular weight excluding hydrogens is 400 g/mol. The molecule has 0 aliphatic heterocycles. The molecule has 0 fully saturated rings. The minimum atomic E-state index is -0.840. The van der Waals surface area contributed by atoms with Gasteiger partial charge in [-0.1, -0.05) is 90.0 Å². The monoisotopic (exact) mass is 406 g/mol. The fraction of sp³-hybridized carbons (Fsp3) is 0.167. The van der Waals surface area contributed by atoms with Crippen LogP contribution in [0.5, 0.6) is 0 Å². The largest absolute Gasteiger partial charge is 0.377 e. The Labute approximate surface area is 120 Å². The zero-order chi connectivity index (χ0) is 12.0. The van der Waals surface area contributed by atoms with Crippen LogP contribution in [0.4, 0.5) is 0 Å². The van der Waals surface area contributed by atoms with Gasteiger partial charge in [-0.05, 0) is 17.7 Å². The first-order valence-corrected chi connectivity index (χ1v) is 6.85. The minimum absolute atomic E-state index is 0.749. The maximum absolute atomic E-state index is 9.53. The second-order valence-corrected chi connectivity index (χ2v) is 9.92. The topological polar surface area (TPSA) is 20.2 Å². The average Bonchev–Trinajstić information content (AvgIpc) is 2.24. The van der Waals surface area contributed by atoms with Crippen molar-refractivity contribution in [1.82, 2.24) is 0 Å². The van der Waals surface area contributed by atoms with Crippen LogP contribution in [0.1, 0.15) is 5.56 Å². The zero-order valence-electron chi connectivity index (χ0n) is 8.20. The zero-order valence-corrected chi connectivity index (χ0v) is 13.0. The Kier molecular flexibility index (Phi) is 5.77. The van der Waals surface area contributed by atoms with E-state index in [0.717, 1.165) is 5.56 Å². The molecule has 1 N–H and O–H groups in total. The van der Waals surface area contributed by atoms with Gasteiger partial charge in [0, 0.05) is 0 Å². The molecule has 0 heterocycles. The molecule has 1 nitrogen and oxygen atoms in total. The van der Waals surface area contributed by atoms with Gasteiger partial charge in [-0.2, -0.15) is 0 Å². The fourth-order valence-corrected chi connectivity index (χ4v) is 1.25. The van der Waals surface area contributed by atoms with Crippen molar-refractivity contribution in [3.63, 3.8) is 0 Å². The van der Waals surface area contributed by atoms with Crippen LogP contribution in [0.2, 0.25) is 0 Å². The van der Waals surface area contributed by atoms with Gasteiger partial charge in [0.25, 0.3) is 0 Å². The van der Waals surface area contributed by atoms with Crippen LogP contribution in [-0.2, 0) is 0 Å². The number of aliphatic hydroxyl groups is 1. The second kappa shape index (κ2) is 6.61. The highest BCUT2D eigenvalue weighted by molar-refractivity contribution is 9.39. The molecule has 1 atom stereocenters. The van der Waals surface area contributed by atoms with E-state index in [9.17, 15) is 5.11 Å². The standard InChI is InChI=1S/C12H9Br3O/c13-12(14,15)11(16)9-5-4-8-10-6-2-1-3-7-10/h1-4,6-8,11,16H/b8-4+. The summed E-state index contributed by atoms with van der Waals surface area (Å²) in [6.07, 6.45) is 2.75. The number of benzene rings is 1. The van der Waals surface area contributed by atoms with Gasteiger partial charge < -0.3 is 5.11 Å². The third-order valence-corrected chi connectivity index (χ3v) is 2.99. The molecule has 1 unspecified atom stereocenters. The van der Waals surface area contributed by atoms with Gasteiger partial charge in [0.2, 0.25) is 0 Å². The molecule has 1 aromatic rings. The molecule has 84 valence electrons. The highest BCUT2D eigenvalue weighted by Gasteiger charge is 2.26. The molecule has 0 spiro atoms. The number of alkyl halides is 3. The summed E-state index contributed by atoms with van der Waals surface area (Å²) in [7, 11) is 0. The van der Waals surface area contributed by atoms with E-state index in [2.05, 4.69) is 59.6 Å². The molecule has 0 aromatic heterocycles. The van der Waals surface area contributed by atoms with Crippen molar-refractivity contribution < 1.29 is 5.11 Å². The molecule has 0 saturated carbocycles. The summed E-state index contributed by atoms with van der Waals surface area (Å²) in [6, 6.07) is 9.85. The highest BCUT2D eigenvalue weighted by atomic mass is 80.0. The Morgan fingerprint density at radius 2 is 1.81 bits per heavy atom. The summed E-state index contributed by atoms with van der Waals surface area (Å²) >= 11 is 9.59. The molecule has 0 radical (unpaired) electrons. The lowest BCUT2D eigenvalue weighted by Crippen LogP contribution is -2.20. The van der Waals surface area contributed by atoms with E-state index in [-0.39, 0.29) is 0 Å². The first-order valence-electron chi connectivity index (χ1n) is 4.47. The normalized spacial score (nSPS) is 13.2. The third-order valence-electron chi connectivity index (χ3n) is 1.69. The number of hydrogen-bond acceptors (Lipinski definition) is 1. The van der Waals surface area contributed by atoms with E-state index in [4.69, 9.17) is 0 Å². The summed E-state index contributed by atoms with van der Waals surface area (Å²) in [5, 5.41) is 9.53. The van der Waals surface area contributed by atoms with Crippen molar-refractivity contribution in [1.29, 1.82) is 0 Å². The van der Waals surface area contributed by atoms with Gasteiger partial charge in [0.15, 0.2) is 2.14 Å². The maximum Gasteiger partial charge on any atom is 0.171 e. The lowest BCUT2D eigenvalue weighted by Gasteiger charge is -2.13. The summed E-state index contributed by atoms with van der Waals surface area (Å²) in [5.41, 5.74) is 1.08. The van der Waals surface area contributed by atoms with Crippen LogP contribution in [0.15, 0.2) is 36.4 Å². The summed E-state index contributed by atoms with van der Waals surface area (Å²) in [5.74, 6) is 5.44. The SMILES string of the molecule is OC(C#C/C=C/c1ccccc1)C(Br)(Br)Br. The Balaban J connectivity index is 2.59. The van der Waals surface area contributed by atoms with Crippen molar-refractivity contribution in [2.24, 2.45) is 0 Å². The molecule has 0 amide bonds. The van der Waals surface area contributed by atoms with Crippen molar-refractivity contribution in [2.75, 3.05) is 0 Å². The van der Waals surface area contributed by atoms with Crippen molar-refractivity contribution >= 4 is 53.9 Å². The Bertz CT molecular complexity index is 409. The second-order valence-electron chi connectivity index (χ2n) is 2.98. The number of hydrogen-bond donors (Lipinski definition) is 1. The van der Waals surface area contributed by atoms with Crippen LogP contribution >= 0.6 is 47.8 Å². The number of aliphatic hydroxyl groups excluding tert-OH is 1. The third kappa shape index (κ3) is 5.31. The van der Waals surface area contributed by atoms with Gasteiger partial charge in [-0.15, -0.1) is 0 Å². The highest BCUT2D eigenvalue weighted by Crippen LogP contribution is 2.36. The molecule has 1 aromatic carbocycles. The first-order chi connectivity index (χ1) is 7.50. The number of halogens is 3. The predicted molar refractivity (Wildman–Crippen MR) is 78.8 cm³/mol. The van der Waals surface area contributed by atoms with Crippen molar-refractivity contribution in [3.05, 3.63) is 42.0 Å². The predicted octanol–water partition coefficient (Wildman–Crippen LogP) is 3.90. The molecule has 1 rings (SSSR count). The summed E-state index contributed by atoms with van der Waals surface area (Å²) in [6.45, 7) is 0. The van der Waals surface area contributed by atoms with Gasteiger partial charge in [-0.25, -0.2) is 0 Å². The smallest absolute Gasteiger partial charge is 0.171 e.